The summed E-state index contributed by atoms with van der Waals surface area (Å²) in [4.78, 5) is 8.10. The summed E-state index contributed by atoms with van der Waals surface area (Å²) in [7, 11) is 0. The van der Waals surface area contributed by atoms with Crippen molar-refractivity contribution in [2.24, 2.45) is 5.84 Å². The lowest BCUT2D eigenvalue weighted by Crippen LogP contribution is -2.11. The van der Waals surface area contributed by atoms with Crippen molar-refractivity contribution in [3.8, 4) is 0 Å². The monoisotopic (exact) mass is 327 g/mol. The van der Waals surface area contributed by atoms with Gasteiger partial charge < -0.3 is 10.7 Å². The van der Waals surface area contributed by atoms with E-state index in [1.165, 1.54) is 6.33 Å². The fraction of sp³-hybridized carbons (Fsp3) is 0.0909. The Bertz CT molecular complexity index is 531. The highest BCUT2D eigenvalue weighted by molar-refractivity contribution is 9.10. The third kappa shape index (κ3) is 3.10. The summed E-state index contributed by atoms with van der Waals surface area (Å²) in [5, 5.41) is 3.91. The molecule has 2 aromatic rings. The van der Waals surface area contributed by atoms with Crippen LogP contribution in [0.5, 0.6) is 0 Å². The van der Waals surface area contributed by atoms with Gasteiger partial charge in [-0.1, -0.05) is 23.7 Å². The van der Waals surface area contributed by atoms with Crippen molar-refractivity contribution in [3.05, 3.63) is 45.7 Å². The summed E-state index contributed by atoms with van der Waals surface area (Å²) >= 11 is 9.20. The highest BCUT2D eigenvalue weighted by Gasteiger charge is 2.06. The maximum atomic E-state index is 5.82. The molecular formula is C11H11BrClN5. The normalized spacial score (nSPS) is 10.2. The van der Waals surface area contributed by atoms with Gasteiger partial charge >= 0.3 is 0 Å². The minimum absolute atomic E-state index is 0.531. The van der Waals surface area contributed by atoms with Crippen molar-refractivity contribution in [1.82, 2.24) is 9.97 Å². The van der Waals surface area contributed by atoms with E-state index in [0.29, 0.717) is 22.7 Å². The number of hydrazine groups is 1. The number of hydrogen-bond acceptors (Lipinski definition) is 5. The molecule has 0 amide bonds. The molecule has 0 aliphatic heterocycles. The molecule has 2 rings (SSSR count). The molecule has 0 atom stereocenters. The molecule has 1 aromatic heterocycles. The summed E-state index contributed by atoms with van der Waals surface area (Å²) in [6.07, 6.45) is 1.43. The van der Waals surface area contributed by atoms with Crippen LogP contribution >= 0.6 is 27.5 Å². The van der Waals surface area contributed by atoms with Gasteiger partial charge in [-0.05, 0) is 33.6 Å². The standard InChI is InChI=1S/C11H11BrClN5/c12-9-10(16-6-17-11(9)18-14)15-5-7-1-3-8(13)4-2-7/h1-4,6H,5,14H2,(H2,15,16,17,18). The molecule has 1 aromatic carbocycles. The van der Waals surface area contributed by atoms with Crippen molar-refractivity contribution in [1.29, 1.82) is 0 Å². The number of nitrogens with two attached hydrogens (primary N) is 1. The van der Waals surface area contributed by atoms with Crippen molar-refractivity contribution < 1.29 is 0 Å². The quantitative estimate of drug-likeness (QED) is 0.594. The molecule has 0 aliphatic rings. The second-order valence-electron chi connectivity index (χ2n) is 3.51. The number of halogens is 2. The predicted molar refractivity (Wildman–Crippen MR) is 76.3 cm³/mol. The van der Waals surface area contributed by atoms with Crippen LogP contribution < -0.4 is 16.6 Å². The average molecular weight is 329 g/mol. The third-order valence-corrected chi connectivity index (χ3v) is 3.30. The number of anilines is 2. The number of nitrogens with one attached hydrogen (secondary N) is 2. The molecule has 4 N–H and O–H groups in total. The maximum absolute atomic E-state index is 5.82. The van der Waals surface area contributed by atoms with E-state index < -0.39 is 0 Å². The number of hydrogen-bond donors (Lipinski definition) is 3. The molecule has 0 fully saturated rings. The summed E-state index contributed by atoms with van der Waals surface area (Å²) in [6, 6.07) is 7.60. The Balaban J connectivity index is 2.08. The van der Waals surface area contributed by atoms with Gasteiger partial charge in [0, 0.05) is 11.6 Å². The Hall–Kier alpha value is -1.37. The molecule has 0 aliphatic carbocycles. The number of benzene rings is 1. The maximum Gasteiger partial charge on any atom is 0.159 e. The van der Waals surface area contributed by atoms with Crippen LogP contribution in [-0.4, -0.2) is 9.97 Å². The van der Waals surface area contributed by atoms with E-state index in [2.05, 4.69) is 36.6 Å². The van der Waals surface area contributed by atoms with Crippen LogP contribution in [0, 0.1) is 0 Å². The average Bonchev–Trinajstić information content (AvgIpc) is 2.39. The van der Waals surface area contributed by atoms with Gasteiger partial charge in [0.25, 0.3) is 0 Å². The molecule has 0 bridgehead atoms. The van der Waals surface area contributed by atoms with Gasteiger partial charge in [-0.2, -0.15) is 0 Å². The second kappa shape index (κ2) is 5.99. The molecule has 94 valence electrons. The Morgan fingerprint density at radius 3 is 2.50 bits per heavy atom. The van der Waals surface area contributed by atoms with Gasteiger partial charge in [-0.3, -0.25) is 0 Å². The van der Waals surface area contributed by atoms with Crippen molar-refractivity contribution in [3.63, 3.8) is 0 Å². The zero-order chi connectivity index (χ0) is 13.0. The Morgan fingerprint density at radius 2 is 1.83 bits per heavy atom. The molecule has 0 radical (unpaired) electrons. The first-order valence-corrected chi connectivity index (χ1v) is 6.33. The first-order valence-electron chi connectivity index (χ1n) is 5.16. The van der Waals surface area contributed by atoms with Gasteiger partial charge in [-0.15, -0.1) is 0 Å². The van der Waals surface area contributed by atoms with Crippen LogP contribution in [0.4, 0.5) is 11.6 Å². The van der Waals surface area contributed by atoms with Crippen LogP contribution in [0.3, 0.4) is 0 Å². The lowest BCUT2D eigenvalue weighted by molar-refractivity contribution is 1.06. The van der Waals surface area contributed by atoms with Crippen LogP contribution in [0.1, 0.15) is 5.56 Å². The van der Waals surface area contributed by atoms with E-state index in [4.69, 9.17) is 17.4 Å². The van der Waals surface area contributed by atoms with Gasteiger partial charge in [0.05, 0.1) is 0 Å². The highest BCUT2D eigenvalue weighted by Crippen LogP contribution is 2.26. The van der Waals surface area contributed by atoms with Crippen molar-refractivity contribution in [2.45, 2.75) is 6.54 Å². The zero-order valence-corrected chi connectivity index (χ0v) is 11.7. The lowest BCUT2D eigenvalue weighted by atomic mass is 10.2. The first kappa shape index (κ1) is 13.1. The van der Waals surface area contributed by atoms with Crippen LogP contribution in [-0.2, 0) is 6.54 Å². The van der Waals surface area contributed by atoms with E-state index in [1.54, 1.807) is 0 Å². The Morgan fingerprint density at radius 1 is 1.17 bits per heavy atom. The van der Waals surface area contributed by atoms with Gasteiger partial charge in [0.15, 0.2) is 5.82 Å². The van der Waals surface area contributed by atoms with Crippen LogP contribution in [0.25, 0.3) is 0 Å². The fourth-order valence-electron chi connectivity index (χ4n) is 1.38. The SMILES string of the molecule is NNc1ncnc(NCc2ccc(Cl)cc2)c1Br. The summed E-state index contributed by atoms with van der Waals surface area (Å²) in [5.74, 6) is 6.54. The number of nitrogens with zero attached hydrogens (tertiary/aromatic N) is 2. The summed E-state index contributed by atoms with van der Waals surface area (Å²) in [6.45, 7) is 0.636. The van der Waals surface area contributed by atoms with E-state index in [-0.39, 0.29) is 0 Å². The number of aromatic nitrogens is 2. The minimum atomic E-state index is 0.531. The van der Waals surface area contributed by atoms with E-state index in [0.717, 1.165) is 10.6 Å². The molecule has 5 nitrogen and oxygen atoms in total. The van der Waals surface area contributed by atoms with E-state index >= 15 is 0 Å². The molecular weight excluding hydrogens is 318 g/mol. The predicted octanol–water partition coefficient (Wildman–Crippen LogP) is 2.79. The number of nitrogen functional groups attached to an aromatic ring is 1. The second-order valence-corrected chi connectivity index (χ2v) is 4.74. The Kier molecular flexibility index (Phi) is 4.35. The molecule has 7 heteroatoms. The van der Waals surface area contributed by atoms with Crippen LogP contribution in [0.2, 0.25) is 5.02 Å². The molecule has 0 unspecified atom stereocenters. The zero-order valence-electron chi connectivity index (χ0n) is 9.32. The molecule has 0 saturated heterocycles. The van der Waals surface area contributed by atoms with Gasteiger partial charge in [0.2, 0.25) is 0 Å². The molecule has 0 saturated carbocycles. The fourth-order valence-corrected chi connectivity index (χ4v) is 1.97. The molecule has 0 spiro atoms. The van der Waals surface area contributed by atoms with E-state index in [9.17, 15) is 0 Å². The molecule has 18 heavy (non-hydrogen) atoms. The topological polar surface area (TPSA) is 75.9 Å². The lowest BCUT2D eigenvalue weighted by Gasteiger charge is -2.09. The van der Waals surface area contributed by atoms with Crippen molar-refractivity contribution >= 4 is 39.2 Å². The molecule has 1 heterocycles. The van der Waals surface area contributed by atoms with E-state index in [1.807, 2.05) is 24.3 Å². The summed E-state index contributed by atoms with van der Waals surface area (Å²) in [5.41, 5.74) is 3.59. The van der Waals surface area contributed by atoms with Crippen LogP contribution in [0.15, 0.2) is 35.1 Å². The van der Waals surface area contributed by atoms with Gasteiger partial charge in [0.1, 0.15) is 16.6 Å². The largest absolute Gasteiger partial charge is 0.365 e. The number of rotatable bonds is 4. The van der Waals surface area contributed by atoms with Gasteiger partial charge in [-0.25, -0.2) is 15.8 Å². The third-order valence-electron chi connectivity index (χ3n) is 2.30. The Labute approximate surface area is 118 Å². The minimum Gasteiger partial charge on any atom is -0.365 e. The summed E-state index contributed by atoms with van der Waals surface area (Å²) < 4.78 is 0.696. The first-order chi connectivity index (χ1) is 8.70. The smallest absolute Gasteiger partial charge is 0.159 e. The highest BCUT2D eigenvalue weighted by atomic mass is 79.9. The van der Waals surface area contributed by atoms with Crippen molar-refractivity contribution in [2.75, 3.05) is 10.7 Å².